The summed E-state index contributed by atoms with van der Waals surface area (Å²) < 4.78 is 0. The van der Waals surface area contributed by atoms with Gasteiger partial charge >= 0.3 is 0 Å². The molecule has 7 rings (SSSR count). The Hall–Kier alpha value is -0.780. The fraction of sp³-hybridized carbons (Fsp3) is 0.860. The third kappa shape index (κ3) is 7.30. The van der Waals surface area contributed by atoms with Gasteiger partial charge in [-0.1, -0.05) is 108 Å². The van der Waals surface area contributed by atoms with Crippen LogP contribution in [-0.4, -0.2) is 0 Å². The van der Waals surface area contributed by atoms with E-state index in [0.29, 0.717) is 0 Å². The lowest BCUT2D eigenvalue weighted by atomic mass is 9.66. The van der Waals surface area contributed by atoms with Gasteiger partial charge in [-0.25, -0.2) is 0 Å². The average molecular weight is 585 g/mol. The lowest BCUT2D eigenvalue weighted by Gasteiger charge is -2.39. The van der Waals surface area contributed by atoms with Crippen LogP contribution in [0, 0.1) is 42.4 Å². The summed E-state index contributed by atoms with van der Waals surface area (Å²) >= 11 is 0. The predicted molar refractivity (Wildman–Crippen MR) is 185 cm³/mol. The lowest BCUT2D eigenvalue weighted by molar-refractivity contribution is 0.183. The second-order valence-corrected chi connectivity index (χ2v) is 17.4. The van der Waals surface area contributed by atoms with E-state index in [4.69, 9.17) is 0 Å². The molecule has 0 heteroatoms. The Balaban J connectivity index is 1.07. The van der Waals surface area contributed by atoms with Gasteiger partial charge in [-0.15, -0.1) is 0 Å². The van der Waals surface area contributed by atoms with E-state index in [0.717, 1.165) is 53.3 Å². The molecule has 1 aromatic rings. The first-order valence-corrected chi connectivity index (χ1v) is 20.4. The summed E-state index contributed by atoms with van der Waals surface area (Å²) in [4.78, 5) is 0. The Bertz CT molecular complexity index is 918. The molecule has 6 saturated carbocycles. The van der Waals surface area contributed by atoms with E-state index in [2.05, 4.69) is 19.1 Å². The Kier molecular flexibility index (Phi) is 10.6. The summed E-state index contributed by atoms with van der Waals surface area (Å²) in [6.45, 7) is 2.58. The Morgan fingerprint density at radius 2 is 0.605 bits per heavy atom. The summed E-state index contributed by atoms with van der Waals surface area (Å²) in [6, 6.07) is 5.65. The van der Waals surface area contributed by atoms with E-state index in [1.807, 2.05) is 11.1 Å². The summed E-state index contributed by atoms with van der Waals surface area (Å²) in [5.41, 5.74) is 7.21. The van der Waals surface area contributed by atoms with Crippen LogP contribution in [0.4, 0.5) is 0 Å². The number of benzene rings is 1. The van der Waals surface area contributed by atoms with Gasteiger partial charge in [0.15, 0.2) is 0 Å². The van der Waals surface area contributed by atoms with Crippen molar-refractivity contribution in [1.82, 2.24) is 0 Å². The van der Waals surface area contributed by atoms with Crippen LogP contribution in [0.2, 0.25) is 0 Å². The molecule has 0 aromatic heterocycles. The summed E-state index contributed by atoms with van der Waals surface area (Å²) in [7, 11) is 0. The molecule has 43 heavy (non-hydrogen) atoms. The molecule has 0 saturated heterocycles. The van der Waals surface area contributed by atoms with E-state index in [1.54, 1.807) is 49.7 Å². The molecule has 0 amide bonds. The summed E-state index contributed by atoms with van der Waals surface area (Å²) in [6.07, 6.45) is 40.9. The van der Waals surface area contributed by atoms with Crippen molar-refractivity contribution >= 4 is 0 Å². The molecule has 0 radical (unpaired) electrons. The maximum atomic E-state index is 2.82. The zero-order valence-electron chi connectivity index (χ0n) is 28.4. The number of hydrogen-bond donors (Lipinski definition) is 0. The first kappa shape index (κ1) is 30.9. The normalized spacial score (nSPS) is 36.0. The molecule has 0 unspecified atom stereocenters. The molecule has 0 spiro atoms. The van der Waals surface area contributed by atoms with Crippen molar-refractivity contribution in [1.29, 1.82) is 0 Å². The quantitative estimate of drug-likeness (QED) is 0.312. The number of hydrogen-bond acceptors (Lipinski definition) is 0. The highest BCUT2D eigenvalue weighted by Gasteiger charge is 2.35. The SMILES string of the molecule is Cc1c(C2CCC(C3CCCCC3)CC2)cc(C2CCC(C3CCCCC3)CC2)cc1C1CCC(C2CCCCC2)CC1. The fourth-order valence-corrected chi connectivity index (χ4v) is 12.4. The van der Waals surface area contributed by atoms with Gasteiger partial charge in [-0.2, -0.15) is 0 Å². The van der Waals surface area contributed by atoms with Gasteiger partial charge in [0, 0.05) is 0 Å². The fourth-order valence-electron chi connectivity index (χ4n) is 12.4. The van der Waals surface area contributed by atoms with Gasteiger partial charge in [0.05, 0.1) is 0 Å². The smallest absolute Gasteiger partial charge is 0.0159 e. The standard InChI is InChI=1S/C43H68/c1-31-42(39-25-21-36(22-26-39)33-13-7-3-8-14-33)29-41(38-19-17-35(18-20-38)32-11-5-2-6-12-32)30-43(31)40-27-23-37(24-28-40)34-15-9-4-10-16-34/h29-30,32-40H,2-28H2,1H3. The van der Waals surface area contributed by atoms with Crippen molar-refractivity contribution in [2.45, 2.75) is 198 Å². The monoisotopic (exact) mass is 585 g/mol. The zero-order chi connectivity index (χ0) is 29.0. The molecule has 0 heterocycles. The Morgan fingerprint density at radius 3 is 0.930 bits per heavy atom. The van der Waals surface area contributed by atoms with Crippen LogP contribution in [0.1, 0.15) is 213 Å². The van der Waals surface area contributed by atoms with Gasteiger partial charge in [0.2, 0.25) is 0 Å². The van der Waals surface area contributed by atoms with E-state index in [-0.39, 0.29) is 0 Å². The molecule has 0 nitrogen and oxygen atoms in total. The van der Waals surface area contributed by atoms with Crippen LogP contribution < -0.4 is 0 Å². The van der Waals surface area contributed by atoms with Crippen LogP contribution in [-0.2, 0) is 0 Å². The van der Waals surface area contributed by atoms with Crippen molar-refractivity contribution in [3.05, 3.63) is 34.4 Å². The third-order valence-corrected chi connectivity index (χ3v) is 15.1. The molecule has 1 aromatic carbocycles. The van der Waals surface area contributed by atoms with Crippen LogP contribution in [0.15, 0.2) is 12.1 Å². The number of rotatable bonds is 6. The van der Waals surface area contributed by atoms with Crippen LogP contribution in [0.5, 0.6) is 0 Å². The molecule has 240 valence electrons. The Labute approximate surface area is 267 Å². The van der Waals surface area contributed by atoms with Crippen molar-refractivity contribution < 1.29 is 0 Å². The van der Waals surface area contributed by atoms with E-state index in [1.165, 1.54) is 135 Å². The predicted octanol–water partition coefficient (Wildman–Crippen LogP) is 13.6. The third-order valence-electron chi connectivity index (χ3n) is 15.1. The highest BCUT2D eigenvalue weighted by atomic mass is 14.4. The van der Waals surface area contributed by atoms with Gasteiger partial charge in [-0.05, 0) is 159 Å². The minimum absolute atomic E-state index is 0.843. The molecule has 6 fully saturated rings. The first-order chi connectivity index (χ1) is 21.2. The van der Waals surface area contributed by atoms with E-state index >= 15 is 0 Å². The highest BCUT2D eigenvalue weighted by Crippen LogP contribution is 2.49. The molecule has 0 aliphatic heterocycles. The summed E-state index contributed by atoms with van der Waals surface area (Å²) in [5, 5.41) is 0. The van der Waals surface area contributed by atoms with Gasteiger partial charge in [-0.3, -0.25) is 0 Å². The van der Waals surface area contributed by atoms with Crippen molar-refractivity contribution in [2.24, 2.45) is 35.5 Å². The average Bonchev–Trinajstić information content (AvgIpc) is 3.10. The summed E-state index contributed by atoms with van der Waals surface area (Å²) in [5.74, 6) is 8.87. The zero-order valence-corrected chi connectivity index (χ0v) is 28.4. The molecular formula is C43H68. The lowest BCUT2D eigenvalue weighted by Crippen LogP contribution is -2.25. The van der Waals surface area contributed by atoms with Crippen molar-refractivity contribution in [3.63, 3.8) is 0 Å². The topological polar surface area (TPSA) is 0 Å². The second kappa shape index (κ2) is 14.8. The van der Waals surface area contributed by atoms with Gasteiger partial charge in [0.25, 0.3) is 0 Å². The van der Waals surface area contributed by atoms with Crippen LogP contribution in [0.3, 0.4) is 0 Å². The van der Waals surface area contributed by atoms with Crippen molar-refractivity contribution in [2.75, 3.05) is 0 Å². The maximum absolute atomic E-state index is 2.82. The first-order valence-electron chi connectivity index (χ1n) is 20.4. The molecule has 0 atom stereocenters. The Morgan fingerprint density at radius 1 is 0.326 bits per heavy atom. The van der Waals surface area contributed by atoms with Gasteiger partial charge < -0.3 is 0 Å². The maximum Gasteiger partial charge on any atom is -0.0159 e. The highest BCUT2D eigenvalue weighted by molar-refractivity contribution is 5.44. The molecular weight excluding hydrogens is 516 g/mol. The molecule has 0 N–H and O–H groups in total. The van der Waals surface area contributed by atoms with Crippen LogP contribution >= 0.6 is 0 Å². The molecule has 6 aliphatic carbocycles. The second-order valence-electron chi connectivity index (χ2n) is 17.4. The largest absolute Gasteiger partial charge is 0.0550 e. The van der Waals surface area contributed by atoms with Crippen LogP contribution in [0.25, 0.3) is 0 Å². The molecule has 6 aliphatic rings. The van der Waals surface area contributed by atoms with E-state index in [9.17, 15) is 0 Å². The van der Waals surface area contributed by atoms with Gasteiger partial charge in [0.1, 0.15) is 0 Å². The van der Waals surface area contributed by atoms with Crippen molar-refractivity contribution in [3.8, 4) is 0 Å². The minimum Gasteiger partial charge on any atom is -0.0550 e. The minimum atomic E-state index is 0.843. The molecule has 0 bridgehead atoms. The van der Waals surface area contributed by atoms with E-state index < -0.39 is 0 Å².